The van der Waals surface area contributed by atoms with Gasteiger partial charge in [-0.3, -0.25) is 4.79 Å². The Kier molecular flexibility index (Phi) is 6.26. The number of likely N-dealkylation sites (tertiary alicyclic amines) is 1. The van der Waals surface area contributed by atoms with Gasteiger partial charge in [0.25, 0.3) is 5.91 Å². The summed E-state index contributed by atoms with van der Waals surface area (Å²) >= 11 is 0. The van der Waals surface area contributed by atoms with E-state index in [1.54, 1.807) is 17.0 Å². The van der Waals surface area contributed by atoms with Crippen LogP contribution in [0.2, 0.25) is 0 Å². The van der Waals surface area contributed by atoms with Crippen molar-refractivity contribution in [1.29, 1.82) is 0 Å². The summed E-state index contributed by atoms with van der Waals surface area (Å²) in [7, 11) is 1.94. The fraction of sp³-hybridized carbons (Fsp3) is 0.409. The molecule has 1 aliphatic rings. The van der Waals surface area contributed by atoms with Crippen molar-refractivity contribution in [2.24, 2.45) is 0 Å². The Labute approximate surface area is 160 Å². The van der Waals surface area contributed by atoms with Gasteiger partial charge in [-0.15, -0.1) is 0 Å². The Bertz CT molecular complexity index is 738. The number of aliphatic hydroxyl groups excluding tert-OH is 1. The molecule has 2 N–H and O–H groups in total. The van der Waals surface area contributed by atoms with E-state index in [0.29, 0.717) is 25.1 Å². The van der Waals surface area contributed by atoms with Gasteiger partial charge in [0.05, 0.1) is 12.6 Å². The summed E-state index contributed by atoms with van der Waals surface area (Å²) in [5.41, 5.74) is 0.517. The average Bonchev–Trinajstić information content (AvgIpc) is 2.69. The molecule has 2 aromatic rings. The highest BCUT2D eigenvalue weighted by atomic mass is 16.3. The maximum atomic E-state index is 12.7. The molecule has 0 spiro atoms. The second-order valence-electron chi connectivity index (χ2n) is 7.47. The van der Waals surface area contributed by atoms with Crippen molar-refractivity contribution in [2.75, 3.05) is 33.2 Å². The van der Waals surface area contributed by atoms with Crippen LogP contribution in [0.1, 0.15) is 22.3 Å². The predicted octanol–water partition coefficient (Wildman–Crippen LogP) is 1.80. The second-order valence-corrected chi connectivity index (χ2v) is 7.47. The number of piperidine rings is 1. The van der Waals surface area contributed by atoms with Gasteiger partial charge < -0.3 is 20.0 Å². The van der Waals surface area contributed by atoms with E-state index in [2.05, 4.69) is 12.1 Å². The molecule has 0 aliphatic carbocycles. The Morgan fingerprint density at radius 3 is 2.44 bits per heavy atom. The summed E-state index contributed by atoms with van der Waals surface area (Å²) in [4.78, 5) is 16.4. The number of hydrogen-bond acceptors (Lipinski definition) is 4. The van der Waals surface area contributed by atoms with Gasteiger partial charge in [0, 0.05) is 25.2 Å². The summed E-state index contributed by atoms with van der Waals surface area (Å²) < 4.78 is 0. The Morgan fingerprint density at radius 1 is 1.15 bits per heavy atom. The molecule has 0 aromatic heterocycles. The number of amides is 1. The molecular weight excluding hydrogens is 340 g/mol. The molecule has 0 saturated carbocycles. The topological polar surface area (TPSA) is 64.0 Å². The van der Waals surface area contributed by atoms with Gasteiger partial charge in [0.1, 0.15) is 5.60 Å². The number of likely N-dealkylation sites (N-methyl/N-ethyl adjacent to an activating group) is 1. The van der Waals surface area contributed by atoms with Crippen LogP contribution in [-0.4, -0.2) is 70.9 Å². The zero-order valence-corrected chi connectivity index (χ0v) is 15.8. The normalized spacial score (nSPS) is 22.8. The molecule has 2 atom stereocenters. The van der Waals surface area contributed by atoms with Crippen molar-refractivity contribution in [3.05, 3.63) is 71.8 Å². The fourth-order valence-electron chi connectivity index (χ4n) is 3.66. The van der Waals surface area contributed by atoms with E-state index in [0.717, 1.165) is 13.0 Å². The molecule has 2 aromatic carbocycles. The molecule has 0 radical (unpaired) electrons. The highest BCUT2D eigenvalue weighted by molar-refractivity contribution is 5.94. The first kappa shape index (κ1) is 19.5. The summed E-state index contributed by atoms with van der Waals surface area (Å²) in [5.74, 6) is -0.104. The minimum Gasteiger partial charge on any atom is -0.390 e. The lowest BCUT2D eigenvalue weighted by atomic mass is 9.88. The van der Waals surface area contributed by atoms with E-state index in [9.17, 15) is 15.0 Å². The van der Waals surface area contributed by atoms with Crippen LogP contribution in [-0.2, 0) is 6.42 Å². The standard InChI is InChI=1S/C22H28N2O3/c1-23(14-12-18-8-4-2-5-9-18)16-22(27)17-24(15-13-20(22)25)21(26)19-10-6-3-7-11-19/h2-11,20,25,27H,12-17H2,1H3/t20-,22+/m0/s1. The van der Waals surface area contributed by atoms with Gasteiger partial charge in [0.15, 0.2) is 0 Å². The van der Waals surface area contributed by atoms with Crippen LogP contribution < -0.4 is 0 Å². The fourth-order valence-corrected chi connectivity index (χ4v) is 3.66. The quantitative estimate of drug-likeness (QED) is 0.816. The highest BCUT2D eigenvalue weighted by Gasteiger charge is 2.43. The number of hydrogen-bond donors (Lipinski definition) is 2. The van der Waals surface area contributed by atoms with Crippen molar-refractivity contribution in [1.82, 2.24) is 9.80 Å². The first-order chi connectivity index (χ1) is 13.0. The molecule has 1 amide bonds. The Morgan fingerprint density at radius 2 is 1.78 bits per heavy atom. The van der Waals surface area contributed by atoms with E-state index in [4.69, 9.17) is 0 Å². The minimum absolute atomic E-state index is 0.104. The van der Waals surface area contributed by atoms with E-state index < -0.39 is 11.7 Å². The average molecular weight is 368 g/mol. The zero-order chi connectivity index (χ0) is 19.3. The smallest absolute Gasteiger partial charge is 0.253 e. The van der Waals surface area contributed by atoms with Gasteiger partial charge in [-0.05, 0) is 37.6 Å². The van der Waals surface area contributed by atoms with E-state index in [1.807, 2.05) is 48.3 Å². The minimum atomic E-state index is -1.33. The number of nitrogens with zero attached hydrogens (tertiary/aromatic N) is 2. The Balaban J connectivity index is 1.61. The molecule has 0 unspecified atom stereocenters. The third-order valence-electron chi connectivity index (χ3n) is 5.23. The first-order valence-corrected chi connectivity index (χ1v) is 9.45. The second kappa shape index (κ2) is 8.65. The number of aliphatic hydroxyl groups is 2. The summed E-state index contributed by atoms with van der Waals surface area (Å²) in [6, 6.07) is 19.3. The molecule has 1 heterocycles. The molecule has 1 saturated heterocycles. The van der Waals surface area contributed by atoms with Gasteiger partial charge in [-0.2, -0.15) is 0 Å². The number of carbonyl (C=O) groups excluding carboxylic acids is 1. The van der Waals surface area contributed by atoms with Crippen LogP contribution in [0.25, 0.3) is 0 Å². The van der Waals surface area contributed by atoms with Crippen LogP contribution in [0, 0.1) is 0 Å². The number of β-amino-alcohol motifs (C(OH)–C–C–N with tert-alkyl or cyclic N) is 1. The van der Waals surface area contributed by atoms with Crippen molar-refractivity contribution in [2.45, 2.75) is 24.5 Å². The molecule has 3 rings (SSSR count). The summed E-state index contributed by atoms with van der Waals surface area (Å²) in [6.45, 7) is 1.67. The lowest BCUT2D eigenvalue weighted by Crippen LogP contribution is -2.62. The lowest BCUT2D eigenvalue weighted by molar-refractivity contribution is -0.124. The van der Waals surface area contributed by atoms with Crippen LogP contribution in [0.3, 0.4) is 0 Å². The van der Waals surface area contributed by atoms with E-state index in [-0.39, 0.29) is 12.5 Å². The SMILES string of the molecule is CN(CCc1ccccc1)C[C@@]1(O)CN(C(=O)c2ccccc2)CC[C@@H]1O. The molecule has 144 valence electrons. The molecule has 0 bridgehead atoms. The van der Waals surface area contributed by atoms with Gasteiger partial charge in [-0.25, -0.2) is 0 Å². The van der Waals surface area contributed by atoms with Gasteiger partial charge in [-0.1, -0.05) is 48.5 Å². The molecular formula is C22H28N2O3. The molecule has 5 heteroatoms. The molecule has 5 nitrogen and oxygen atoms in total. The largest absolute Gasteiger partial charge is 0.390 e. The van der Waals surface area contributed by atoms with Crippen LogP contribution in [0.4, 0.5) is 0 Å². The van der Waals surface area contributed by atoms with E-state index in [1.165, 1.54) is 5.56 Å². The lowest BCUT2D eigenvalue weighted by Gasteiger charge is -2.44. The van der Waals surface area contributed by atoms with Crippen LogP contribution in [0.5, 0.6) is 0 Å². The van der Waals surface area contributed by atoms with Crippen LogP contribution in [0.15, 0.2) is 60.7 Å². The number of rotatable bonds is 6. The van der Waals surface area contributed by atoms with Crippen molar-refractivity contribution in [3.8, 4) is 0 Å². The van der Waals surface area contributed by atoms with E-state index >= 15 is 0 Å². The number of carbonyl (C=O) groups is 1. The van der Waals surface area contributed by atoms with Crippen molar-refractivity contribution in [3.63, 3.8) is 0 Å². The highest BCUT2D eigenvalue weighted by Crippen LogP contribution is 2.24. The van der Waals surface area contributed by atoms with Gasteiger partial charge in [0.2, 0.25) is 0 Å². The van der Waals surface area contributed by atoms with Crippen molar-refractivity contribution >= 4 is 5.91 Å². The van der Waals surface area contributed by atoms with Crippen LogP contribution >= 0.6 is 0 Å². The predicted molar refractivity (Wildman–Crippen MR) is 106 cm³/mol. The maximum Gasteiger partial charge on any atom is 0.253 e. The summed E-state index contributed by atoms with van der Waals surface area (Å²) in [6.07, 6.45) is 0.411. The first-order valence-electron chi connectivity index (χ1n) is 9.45. The summed E-state index contributed by atoms with van der Waals surface area (Å²) in [5, 5.41) is 21.5. The molecule has 27 heavy (non-hydrogen) atoms. The molecule has 1 fully saturated rings. The molecule has 1 aliphatic heterocycles. The monoisotopic (exact) mass is 368 g/mol. The third kappa shape index (κ3) is 4.95. The maximum absolute atomic E-state index is 12.7. The van der Waals surface area contributed by atoms with Crippen molar-refractivity contribution < 1.29 is 15.0 Å². The number of benzene rings is 2. The van der Waals surface area contributed by atoms with Gasteiger partial charge >= 0.3 is 0 Å². The Hall–Kier alpha value is -2.21. The third-order valence-corrected chi connectivity index (χ3v) is 5.23. The zero-order valence-electron chi connectivity index (χ0n) is 15.8.